The summed E-state index contributed by atoms with van der Waals surface area (Å²) >= 11 is 0. The molecule has 6 heteroatoms. The van der Waals surface area contributed by atoms with Crippen molar-refractivity contribution in [1.29, 1.82) is 0 Å². The van der Waals surface area contributed by atoms with Crippen molar-refractivity contribution in [1.82, 2.24) is 0 Å². The van der Waals surface area contributed by atoms with Crippen molar-refractivity contribution < 1.29 is 25.5 Å². The number of nitrogens with two attached hydrogens (primary N) is 1. The van der Waals surface area contributed by atoms with Crippen LogP contribution in [0.5, 0.6) is 0 Å². The first kappa shape index (κ1) is 11.8. The highest BCUT2D eigenvalue weighted by molar-refractivity contribution is 4.99. The summed E-state index contributed by atoms with van der Waals surface area (Å²) in [7, 11) is 0. The average Bonchev–Trinajstić information content (AvgIpc) is 2.12. The third kappa shape index (κ3) is 2.05. The molecule has 0 spiro atoms. The monoisotopic (exact) mass is 207 g/mol. The quantitative estimate of drug-likeness (QED) is 0.285. The van der Waals surface area contributed by atoms with Gasteiger partial charge in [0.1, 0.15) is 6.10 Å². The van der Waals surface area contributed by atoms with Crippen LogP contribution in [0.25, 0.3) is 0 Å². The van der Waals surface area contributed by atoms with E-state index in [9.17, 15) is 25.5 Å². The molecule has 0 radical (unpaired) electrons. The fourth-order valence-corrected chi connectivity index (χ4v) is 1.80. The van der Waals surface area contributed by atoms with Crippen molar-refractivity contribution >= 4 is 0 Å². The lowest BCUT2D eigenvalue weighted by molar-refractivity contribution is -0.186. The Morgan fingerprint density at radius 3 is 2.00 bits per heavy atom. The zero-order valence-electron chi connectivity index (χ0n) is 7.74. The summed E-state index contributed by atoms with van der Waals surface area (Å²) in [5.41, 5.74) is 3.56. The standard InChI is InChI=1S/C8H17NO5/c9-3-6(12)8(14)1-4(10)7(13)5(11)2-8/h4-7,10-14H,1-3,9H2/t4-,5-,6+,7?,8?/m1/s1. The summed E-state index contributed by atoms with van der Waals surface area (Å²) < 4.78 is 0. The molecule has 0 aromatic rings. The number of aliphatic hydroxyl groups excluding tert-OH is 4. The Labute approximate surface area is 81.6 Å². The predicted octanol–water partition coefficient (Wildman–Crippen LogP) is -3.09. The largest absolute Gasteiger partial charge is 0.390 e. The van der Waals surface area contributed by atoms with Crippen LogP contribution in [0.15, 0.2) is 0 Å². The fourth-order valence-electron chi connectivity index (χ4n) is 1.80. The minimum atomic E-state index is -1.62. The molecule has 1 rings (SSSR count). The van der Waals surface area contributed by atoms with Crippen molar-refractivity contribution in [3.05, 3.63) is 0 Å². The Balaban J connectivity index is 2.73. The molecule has 14 heavy (non-hydrogen) atoms. The average molecular weight is 207 g/mol. The van der Waals surface area contributed by atoms with Crippen LogP contribution in [0.1, 0.15) is 12.8 Å². The maximum atomic E-state index is 9.84. The highest BCUT2D eigenvalue weighted by Gasteiger charge is 2.47. The van der Waals surface area contributed by atoms with Crippen LogP contribution >= 0.6 is 0 Å². The summed E-state index contributed by atoms with van der Waals surface area (Å²) in [5.74, 6) is 0. The SMILES string of the molecule is NC[C@H](O)C1(O)C[C@@H](O)C(O)[C@H](O)C1. The molecule has 0 aliphatic heterocycles. The van der Waals surface area contributed by atoms with Gasteiger partial charge in [-0.2, -0.15) is 0 Å². The van der Waals surface area contributed by atoms with E-state index in [0.29, 0.717) is 0 Å². The van der Waals surface area contributed by atoms with Gasteiger partial charge in [-0.15, -0.1) is 0 Å². The van der Waals surface area contributed by atoms with Crippen LogP contribution in [-0.2, 0) is 0 Å². The van der Waals surface area contributed by atoms with Crippen molar-refractivity contribution in [3.8, 4) is 0 Å². The van der Waals surface area contributed by atoms with Crippen molar-refractivity contribution in [2.24, 2.45) is 5.73 Å². The molecule has 0 aromatic heterocycles. The van der Waals surface area contributed by atoms with E-state index < -0.39 is 30.0 Å². The van der Waals surface area contributed by atoms with E-state index >= 15 is 0 Å². The van der Waals surface area contributed by atoms with E-state index in [1.165, 1.54) is 0 Å². The van der Waals surface area contributed by atoms with E-state index in [2.05, 4.69) is 0 Å². The molecule has 3 atom stereocenters. The second-order valence-electron chi connectivity index (χ2n) is 3.89. The minimum absolute atomic E-state index is 0.161. The lowest BCUT2D eigenvalue weighted by Crippen LogP contribution is -2.59. The number of hydrogen-bond donors (Lipinski definition) is 6. The van der Waals surface area contributed by atoms with E-state index in [0.717, 1.165) is 0 Å². The van der Waals surface area contributed by atoms with E-state index in [4.69, 9.17) is 5.73 Å². The van der Waals surface area contributed by atoms with Gasteiger partial charge in [0, 0.05) is 19.4 Å². The van der Waals surface area contributed by atoms with Crippen LogP contribution in [0.3, 0.4) is 0 Å². The van der Waals surface area contributed by atoms with Crippen molar-refractivity contribution in [2.75, 3.05) is 6.54 Å². The normalized spacial score (nSPS) is 46.3. The zero-order valence-corrected chi connectivity index (χ0v) is 7.74. The summed E-state index contributed by atoms with van der Waals surface area (Å²) in [5, 5.41) is 47.0. The molecule has 1 fully saturated rings. The van der Waals surface area contributed by atoms with Gasteiger partial charge in [-0.3, -0.25) is 0 Å². The molecule has 7 N–H and O–H groups in total. The van der Waals surface area contributed by atoms with E-state index in [1.54, 1.807) is 0 Å². The summed E-state index contributed by atoms with van der Waals surface area (Å²) in [6.45, 7) is -0.161. The molecule has 0 unspecified atom stereocenters. The summed E-state index contributed by atoms with van der Waals surface area (Å²) in [6.07, 6.45) is -5.36. The van der Waals surface area contributed by atoms with E-state index in [1.807, 2.05) is 0 Å². The highest BCUT2D eigenvalue weighted by atomic mass is 16.4. The maximum Gasteiger partial charge on any atom is 0.106 e. The molecule has 0 saturated heterocycles. The summed E-state index contributed by atoms with van der Waals surface area (Å²) in [4.78, 5) is 0. The van der Waals surface area contributed by atoms with Gasteiger partial charge in [-0.1, -0.05) is 0 Å². The highest BCUT2D eigenvalue weighted by Crippen LogP contribution is 2.31. The molecule has 0 bridgehead atoms. The number of hydrogen-bond acceptors (Lipinski definition) is 6. The molecular formula is C8H17NO5. The Hall–Kier alpha value is -0.240. The summed E-state index contributed by atoms with van der Waals surface area (Å²) in [6, 6.07) is 0. The third-order valence-corrected chi connectivity index (χ3v) is 2.76. The number of rotatable bonds is 2. The lowest BCUT2D eigenvalue weighted by atomic mass is 9.76. The molecule has 6 nitrogen and oxygen atoms in total. The zero-order chi connectivity index (χ0) is 10.9. The Bertz CT molecular complexity index is 188. The van der Waals surface area contributed by atoms with Crippen LogP contribution in [0.2, 0.25) is 0 Å². The van der Waals surface area contributed by atoms with Crippen molar-refractivity contribution in [3.63, 3.8) is 0 Å². The maximum absolute atomic E-state index is 9.84. The molecule has 1 aliphatic carbocycles. The number of aliphatic hydroxyl groups is 5. The smallest absolute Gasteiger partial charge is 0.106 e. The van der Waals surface area contributed by atoms with Gasteiger partial charge in [0.2, 0.25) is 0 Å². The molecular weight excluding hydrogens is 190 g/mol. The first-order chi connectivity index (χ1) is 6.40. The molecule has 0 amide bonds. The molecule has 1 saturated carbocycles. The molecule has 1 aliphatic rings. The fraction of sp³-hybridized carbons (Fsp3) is 1.00. The van der Waals surface area contributed by atoms with Gasteiger partial charge >= 0.3 is 0 Å². The second-order valence-corrected chi connectivity index (χ2v) is 3.89. The lowest BCUT2D eigenvalue weighted by Gasteiger charge is -2.42. The van der Waals surface area contributed by atoms with Crippen molar-refractivity contribution in [2.45, 2.75) is 42.9 Å². The topological polar surface area (TPSA) is 127 Å². The van der Waals surface area contributed by atoms with Gasteiger partial charge in [-0.05, 0) is 0 Å². The van der Waals surface area contributed by atoms with Gasteiger partial charge in [0.15, 0.2) is 0 Å². The van der Waals surface area contributed by atoms with Gasteiger partial charge in [-0.25, -0.2) is 0 Å². The van der Waals surface area contributed by atoms with Crippen LogP contribution in [0, 0.1) is 0 Å². The third-order valence-electron chi connectivity index (χ3n) is 2.76. The molecule has 0 heterocycles. The Morgan fingerprint density at radius 2 is 1.64 bits per heavy atom. The Morgan fingerprint density at radius 1 is 1.21 bits per heavy atom. The first-order valence-corrected chi connectivity index (χ1v) is 4.55. The van der Waals surface area contributed by atoms with E-state index in [-0.39, 0.29) is 19.4 Å². The van der Waals surface area contributed by atoms with Crippen LogP contribution in [0.4, 0.5) is 0 Å². The molecule has 84 valence electrons. The van der Waals surface area contributed by atoms with Gasteiger partial charge in [0.25, 0.3) is 0 Å². The van der Waals surface area contributed by atoms with Crippen LogP contribution < -0.4 is 5.73 Å². The second kappa shape index (κ2) is 4.09. The minimum Gasteiger partial charge on any atom is -0.390 e. The Kier molecular flexibility index (Phi) is 3.46. The van der Waals surface area contributed by atoms with Crippen LogP contribution in [-0.4, -0.2) is 62.1 Å². The van der Waals surface area contributed by atoms with Gasteiger partial charge in [0.05, 0.1) is 23.9 Å². The molecule has 0 aromatic carbocycles. The first-order valence-electron chi connectivity index (χ1n) is 4.55. The predicted molar refractivity (Wildman–Crippen MR) is 47.3 cm³/mol. The van der Waals surface area contributed by atoms with Gasteiger partial charge < -0.3 is 31.3 Å².